The van der Waals surface area contributed by atoms with E-state index in [2.05, 4.69) is 5.32 Å². The average molecular weight is 303 g/mol. The molecule has 0 aliphatic carbocycles. The molecule has 1 saturated heterocycles. The van der Waals surface area contributed by atoms with E-state index in [1.165, 1.54) is 0 Å². The number of hydrogen-bond donors (Lipinski definition) is 2. The number of nitrogens with zero attached hydrogens (tertiary/aromatic N) is 1. The Morgan fingerprint density at radius 1 is 1.41 bits per heavy atom. The van der Waals surface area contributed by atoms with Gasteiger partial charge in [0.1, 0.15) is 0 Å². The van der Waals surface area contributed by atoms with Crippen molar-refractivity contribution in [1.29, 1.82) is 0 Å². The maximum Gasteiger partial charge on any atom is 0.253 e. The number of nitrogens with one attached hydrogen (secondary N) is 1. The number of anilines is 1. The van der Waals surface area contributed by atoms with Gasteiger partial charge >= 0.3 is 0 Å². The number of carbonyl (C=O) groups excluding carboxylic acids is 2. The molecule has 1 aromatic rings. The Bertz CT molecular complexity index is 569. The van der Waals surface area contributed by atoms with Gasteiger partial charge in [-0.25, -0.2) is 0 Å². The maximum atomic E-state index is 12.4. The normalized spacial score (nSPS) is 17.9. The highest BCUT2D eigenvalue weighted by atomic mass is 16.2. The van der Waals surface area contributed by atoms with Crippen molar-refractivity contribution in [2.24, 2.45) is 11.7 Å². The van der Waals surface area contributed by atoms with Crippen LogP contribution in [-0.2, 0) is 4.79 Å². The molecule has 2 amide bonds. The van der Waals surface area contributed by atoms with Gasteiger partial charge in [0.25, 0.3) is 5.91 Å². The predicted octanol–water partition coefficient (Wildman–Crippen LogP) is 2.15. The molecule has 1 atom stereocenters. The minimum absolute atomic E-state index is 0.00249. The minimum atomic E-state index is 0.00249. The largest absolute Gasteiger partial charge is 0.337 e. The quantitative estimate of drug-likeness (QED) is 0.895. The molecule has 0 radical (unpaired) electrons. The Kier molecular flexibility index (Phi) is 5.19. The number of carbonyl (C=O) groups is 2. The van der Waals surface area contributed by atoms with E-state index in [0.717, 1.165) is 17.7 Å². The van der Waals surface area contributed by atoms with Crippen molar-refractivity contribution < 1.29 is 9.59 Å². The van der Waals surface area contributed by atoms with Gasteiger partial charge in [0.05, 0.1) is 0 Å². The van der Waals surface area contributed by atoms with E-state index in [1.807, 2.05) is 26.8 Å². The lowest BCUT2D eigenvalue weighted by atomic mass is 10.1. The highest BCUT2D eigenvalue weighted by molar-refractivity contribution is 5.96. The lowest BCUT2D eigenvalue weighted by Gasteiger charge is -2.17. The van der Waals surface area contributed by atoms with Crippen LogP contribution in [0.4, 0.5) is 5.69 Å². The Morgan fingerprint density at radius 3 is 2.68 bits per heavy atom. The summed E-state index contributed by atoms with van der Waals surface area (Å²) in [5.41, 5.74) is 8.15. The predicted molar refractivity (Wildman–Crippen MR) is 87.8 cm³/mol. The molecule has 0 bridgehead atoms. The molecule has 1 heterocycles. The van der Waals surface area contributed by atoms with Gasteiger partial charge in [-0.2, -0.15) is 0 Å². The summed E-state index contributed by atoms with van der Waals surface area (Å²) in [7, 11) is 0. The van der Waals surface area contributed by atoms with Crippen LogP contribution in [0, 0.1) is 12.8 Å². The molecule has 1 aromatic carbocycles. The van der Waals surface area contributed by atoms with E-state index >= 15 is 0 Å². The van der Waals surface area contributed by atoms with E-state index in [1.54, 1.807) is 17.0 Å². The Balaban J connectivity index is 2.06. The van der Waals surface area contributed by atoms with Gasteiger partial charge in [-0.3, -0.25) is 9.59 Å². The number of likely N-dealkylation sites (tertiary alicyclic amines) is 1. The fourth-order valence-electron chi connectivity index (χ4n) is 2.66. The number of nitrogens with two attached hydrogens (primary N) is 1. The third kappa shape index (κ3) is 4.07. The summed E-state index contributed by atoms with van der Waals surface area (Å²) in [6, 6.07) is 5.48. The Morgan fingerprint density at radius 2 is 2.14 bits per heavy atom. The third-order valence-corrected chi connectivity index (χ3v) is 3.85. The molecule has 22 heavy (non-hydrogen) atoms. The molecule has 0 unspecified atom stereocenters. The van der Waals surface area contributed by atoms with Crippen LogP contribution >= 0.6 is 0 Å². The lowest BCUT2D eigenvalue weighted by molar-refractivity contribution is -0.116. The van der Waals surface area contributed by atoms with Crippen molar-refractivity contribution in [1.82, 2.24) is 4.90 Å². The van der Waals surface area contributed by atoms with E-state index in [0.29, 0.717) is 31.0 Å². The van der Waals surface area contributed by atoms with Gasteiger partial charge in [0, 0.05) is 36.8 Å². The second kappa shape index (κ2) is 6.92. The number of amides is 2. The topological polar surface area (TPSA) is 75.4 Å². The van der Waals surface area contributed by atoms with Gasteiger partial charge in [-0.1, -0.05) is 13.8 Å². The number of aryl methyl sites for hydroxylation is 1. The van der Waals surface area contributed by atoms with Crippen molar-refractivity contribution in [2.75, 3.05) is 18.4 Å². The van der Waals surface area contributed by atoms with E-state index < -0.39 is 0 Å². The van der Waals surface area contributed by atoms with Crippen LogP contribution < -0.4 is 11.1 Å². The first kappa shape index (κ1) is 16.5. The third-order valence-electron chi connectivity index (χ3n) is 3.85. The van der Waals surface area contributed by atoms with Crippen LogP contribution in [-0.4, -0.2) is 35.8 Å². The molecule has 1 aliphatic heterocycles. The summed E-state index contributed by atoms with van der Waals surface area (Å²) in [6.07, 6.45) is 1.35. The molecular weight excluding hydrogens is 278 g/mol. The minimum Gasteiger partial charge on any atom is -0.337 e. The molecule has 1 fully saturated rings. The average Bonchev–Trinajstić information content (AvgIpc) is 2.86. The molecule has 1 aliphatic rings. The first-order valence-electron chi connectivity index (χ1n) is 7.82. The maximum absolute atomic E-state index is 12.4. The smallest absolute Gasteiger partial charge is 0.253 e. The summed E-state index contributed by atoms with van der Waals surface area (Å²) >= 11 is 0. The molecular formula is C17H25N3O2. The number of rotatable bonds is 4. The molecule has 0 saturated carbocycles. The number of hydrogen-bond acceptors (Lipinski definition) is 3. The second-order valence-corrected chi connectivity index (χ2v) is 6.48. The standard InChI is InChI=1S/C17H25N3O2/c1-11(2)8-16(21)19-15-5-4-13(9-12(15)3)17(22)20-7-6-14(18)10-20/h4-5,9,11,14H,6-8,10,18H2,1-3H3,(H,19,21)/t14-/m1/s1. The Labute approximate surface area is 131 Å². The van der Waals surface area contributed by atoms with E-state index in [9.17, 15) is 9.59 Å². The Hall–Kier alpha value is -1.88. The molecule has 3 N–H and O–H groups in total. The van der Waals surface area contributed by atoms with Crippen LogP contribution in [0.1, 0.15) is 42.6 Å². The van der Waals surface area contributed by atoms with Gasteiger partial charge in [-0.05, 0) is 43.0 Å². The lowest BCUT2D eigenvalue weighted by Crippen LogP contribution is -2.31. The van der Waals surface area contributed by atoms with Crippen LogP contribution in [0.15, 0.2) is 18.2 Å². The SMILES string of the molecule is Cc1cc(C(=O)N2CC[C@@H](N)C2)ccc1NC(=O)CC(C)C. The zero-order valence-electron chi connectivity index (χ0n) is 13.6. The van der Waals surface area contributed by atoms with Crippen molar-refractivity contribution in [2.45, 2.75) is 39.7 Å². The summed E-state index contributed by atoms with van der Waals surface area (Å²) in [5.74, 6) is 0.333. The van der Waals surface area contributed by atoms with Crippen molar-refractivity contribution in [3.63, 3.8) is 0 Å². The van der Waals surface area contributed by atoms with E-state index in [4.69, 9.17) is 5.73 Å². The summed E-state index contributed by atoms with van der Waals surface area (Å²) in [5, 5.41) is 2.90. The van der Waals surface area contributed by atoms with Crippen LogP contribution in [0.3, 0.4) is 0 Å². The van der Waals surface area contributed by atoms with E-state index in [-0.39, 0.29) is 17.9 Å². The fraction of sp³-hybridized carbons (Fsp3) is 0.529. The molecule has 5 heteroatoms. The summed E-state index contributed by atoms with van der Waals surface area (Å²) in [4.78, 5) is 26.0. The first-order valence-corrected chi connectivity index (χ1v) is 7.82. The molecule has 0 aromatic heterocycles. The van der Waals surface area contributed by atoms with Gasteiger partial charge in [-0.15, -0.1) is 0 Å². The van der Waals surface area contributed by atoms with Gasteiger partial charge in [0.15, 0.2) is 0 Å². The van der Waals surface area contributed by atoms with Gasteiger partial charge < -0.3 is 16.0 Å². The summed E-state index contributed by atoms with van der Waals surface area (Å²) in [6.45, 7) is 7.25. The highest BCUT2D eigenvalue weighted by Crippen LogP contribution is 2.20. The molecule has 5 nitrogen and oxygen atoms in total. The first-order chi connectivity index (χ1) is 10.4. The monoisotopic (exact) mass is 303 g/mol. The molecule has 120 valence electrons. The van der Waals surface area contributed by atoms with Crippen LogP contribution in [0.2, 0.25) is 0 Å². The number of benzene rings is 1. The fourth-order valence-corrected chi connectivity index (χ4v) is 2.66. The zero-order valence-corrected chi connectivity index (χ0v) is 13.6. The van der Waals surface area contributed by atoms with Crippen LogP contribution in [0.25, 0.3) is 0 Å². The van der Waals surface area contributed by atoms with Crippen molar-refractivity contribution in [3.8, 4) is 0 Å². The summed E-state index contributed by atoms with van der Waals surface area (Å²) < 4.78 is 0. The molecule has 0 spiro atoms. The van der Waals surface area contributed by atoms with Crippen LogP contribution in [0.5, 0.6) is 0 Å². The second-order valence-electron chi connectivity index (χ2n) is 6.48. The van der Waals surface area contributed by atoms with Crippen molar-refractivity contribution in [3.05, 3.63) is 29.3 Å². The van der Waals surface area contributed by atoms with Crippen molar-refractivity contribution >= 4 is 17.5 Å². The van der Waals surface area contributed by atoms with Gasteiger partial charge in [0.2, 0.25) is 5.91 Å². The zero-order chi connectivity index (χ0) is 16.3. The highest BCUT2D eigenvalue weighted by Gasteiger charge is 2.24. The molecule has 2 rings (SSSR count).